The summed E-state index contributed by atoms with van der Waals surface area (Å²) in [5, 5.41) is 3.71. The van der Waals surface area contributed by atoms with Gasteiger partial charge >= 0.3 is 0 Å². The first-order chi connectivity index (χ1) is 10.1. The number of benzene rings is 2. The molecule has 2 heteroatoms. The summed E-state index contributed by atoms with van der Waals surface area (Å²) in [7, 11) is 0. The van der Waals surface area contributed by atoms with E-state index in [-0.39, 0.29) is 0 Å². The Balaban J connectivity index is 1.72. The fourth-order valence-electron chi connectivity index (χ4n) is 3.20. The normalized spacial score (nSPS) is 16.5. The van der Waals surface area contributed by atoms with E-state index in [1.165, 1.54) is 30.4 Å². The SMILES string of the molecule is CC(NC(C)c1ccc2c(c1)CCC2)c1cccc(Br)c1. The highest BCUT2D eigenvalue weighted by molar-refractivity contribution is 9.10. The Morgan fingerprint density at radius 2 is 1.62 bits per heavy atom. The largest absolute Gasteiger partial charge is 0.304 e. The summed E-state index contributed by atoms with van der Waals surface area (Å²) in [5.41, 5.74) is 5.82. The van der Waals surface area contributed by atoms with E-state index < -0.39 is 0 Å². The van der Waals surface area contributed by atoms with Crippen LogP contribution in [0.2, 0.25) is 0 Å². The van der Waals surface area contributed by atoms with E-state index in [0.717, 1.165) is 4.47 Å². The number of hydrogen-bond donors (Lipinski definition) is 1. The lowest BCUT2D eigenvalue weighted by Gasteiger charge is -2.21. The first-order valence-electron chi connectivity index (χ1n) is 7.76. The lowest BCUT2D eigenvalue weighted by Crippen LogP contribution is -2.22. The van der Waals surface area contributed by atoms with E-state index in [2.05, 4.69) is 77.6 Å². The van der Waals surface area contributed by atoms with Crippen molar-refractivity contribution in [3.63, 3.8) is 0 Å². The molecule has 0 aliphatic heterocycles. The summed E-state index contributed by atoms with van der Waals surface area (Å²) in [5.74, 6) is 0. The van der Waals surface area contributed by atoms with Gasteiger partial charge in [-0.25, -0.2) is 0 Å². The number of aryl methyl sites for hydroxylation is 2. The Kier molecular flexibility index (Phi) is 4.46. The standard InChI is InChI=1S/C19H22BrN/c1-13(16-6-4-8-19(20)12-16)21-14(2)17-10-9-15-5-3-7-18(15)11-17/h4,6,8-14,21H,3,5,7H2,1-2H3. The predicted octanol–water partition coefficient (Wildman–Crippen LogP) is 5.35. The van der Waals surface area contributed by atoms with Crippen LogP contribution in [0.1, 0.15) is 54.6 Å². The van der Waals surface area contributed by atoms with Crippen LogP contribution in [0, 0.1) is 0 Å². The van der Waals surface area contributed by atoms with Crippen LogP contribution in [-0.4, -0.2) is 0 Å². The van der Waals surface area contributed by atoms with Gasteiger partial charge in [0.1, 0.15) is 0 Å². The van der Waals surface area contributed by atoms with Gasteiger partial charge in [0, 0.05) is 16.6 Å². The first-order valence-corrected chi connectivity index (χ1v) is 8.56. The van der Waals surface area contributed by atoms with Crippen molar-refractivity contribution in [2.24, 2.45) is 0 Å². The highest BCUT2D eigenvalue weighted by atomic mass is 79.9. The number of rotatable bonds is 4. The van der Waals surface area contributed by atoms with Crippen molar-refractivity contribution < 1.29 is 0 Å². The van der Waals surface area contributed by atoms with Crippen molar-refractivity contribution in [2.45, 2.75) is 45.2 Å². The molecule has 0 amide bonds. The molecule has 0 bridgehead atoms. The second kappa shape index (κ2) is 6.33. The average Bonchev–Trinajstić information content (AvgIpc) is 2.94. The molecule has 21 heavy (non-hydrogen) atoms. The molecule has 2 unspecified atom stereocenters. The quantitative estimate of drug-likeness (QED) is 0.788. The smallest absolute Gasteiger partial charge is 0.0297 e. The van der Waals surface area contributed by atoms with E-state index in [4.69, 9.17) is 0 Å². The van der Waals surface area contributed by atoms with Gasteiger partial charge in [-0.1, -0.05) is 46.3 Å². The van der Waals surface area contributed by atoms with Crippen LogP contribution in [0.15, 0.2) is 46.9 Å². The van der Waals surface area contributed by atoms with Gasteiger partial charge in [-0.15, -0.1) is 0 Å². The summed E-state index contributed by atoms with van der Waals surface area (Å²) in [6.07, 6.45) is 3.82. The molecule has 0 saturated heterocycles. The van der Waals surface area contributed by atoms with Gasteiger partial charge in [-0.2, -0.15) is 0 Å². The number of halogens is 1. The van der Waals surface area contributed by atoms with E-state index in [1.54, 1.807) is 11.1 Å². The van der Waals surface area contributed by atoms with Crippen LogP contribution >= 0.6 is 15.9 Å². The third kappa shape index (κ3) is 3.38. The van der Waals surface area contributed by atoms with Crippen LogP contribution in [0.3, 0.4) is 0 Å². The molecule has 2 atom stereocenters. The summed E-state index contributed by atoms with van der Waals surface area (Å²) < 4.78 is 1.14. The second-order valence-corrected chi connectivity index (χ2v) is 6.96. The second-order valence-electron chi connectivity index (χ2n) is 6.05. The Morgan fingerprint density at radius 1 is 0.905 bits per heavy atom. The molecular formula is C19H22BrN. The maximum Gasteiger partial charge on any atom is 0.0297 e. The molecule has 1 aliphatic rings. The van der Waals surface area contributed by atoms with Crippen molar-refractivity contribution in [3.8, 4) is 0 Å². The van der Waals surface area contributed by atoms with Gasteiger partial charge in [-0.3, -0.25) is 0 Å². The van der Waals surface area contributed by atoms with Gasteiger partial charge in [0.05, 0.1) is 0 Å². The molecule has 2 aromatic carbocycles. The van der Waals surface area contributed by atoms with Crippen LogP contribution in [-0.2, 0) is 12.8 Å². The van der Waals surface area contributed by atoms with Crippen LogP contribution in [0.25, 0.3) is 0 Å². The Morgan fingerprint density at radius 3 is 2.38 bits per heavy atom. The molecular weight excluding hydrogens is 322 g/mol. The molecule has 3 rings (SSSR count). The molecule has 0 spiro atoms. The highest BCUT2D eigenvalue weighted by Crippen LogP contribution is 2.27. The van der Waals surface area contributed by atoms with Gasteiger partial charge in [0.2, 0.25) is 0 Å². The summed E-state index contributed by atoms with van der Waals surface area (Å²) in [4.78, 5) is 0. The molecule has 1 nitrogen and oxygen atoms in total. The summed E-state index contributed by atoms with van der Waals surface area (Å²) in [6.45, 7) is 4.48. The van der Waals surface area contributed by atoms with Crippen LogP contribution < -0.4 is 5.32 Å². The van der Waals surface area contributed by atoms with E-state index in [0.29, 0.717) is 12.1 Å². The molecule has 0 fully saturated rings. The van der Waals surface area contributed by atoms with Crippen molar-refractivity contribution in [3.05, 3.63) is 69.2 Å². The topological polar surface area (TPSA) is 12.0 Å². The molecule has 0 aromatic heterocycles. The van der Waals surface area contributed by atoms with Crippen molar-refractivity contribution in [1.82, 2.24) is 5.32 Å². The minimum absolute atomic E-state index is 0.339. The Bertz CT molecular complexity index is 635. The lowest BCUT2D eigenvalue weighted by molar-refractivity contribution is 0.494. The molecule has 0 saturated carbocycles. The maximum atomic E-state index is 3.71. The third-order valence-electron chi connectivity index (χ3n) is 4.47. The van der Waals surface area contributed by atoms with Gasteiger partial charge in [0.25, 0.3) is 0 Å². The van der Waals surface area contributed by atoms with Crippen molar-refractivity contribution in [2.75, 3.05) is 0 Å². The molecule has 1 aliphatic carbocycles. The minimum atomic E-state index is 0.339. The first kappa shape index (κ1) is 14.8. The molecule has 110 valence electrons. The van der Waals surface area contributed by atoms with Crippen molar-refractivity contribution in [1.29, 1.82) is 0 Å². The van der Waals surface area contributed by atoms with Gasteiger partial charge in [-0.05, 0) is 67.5 Å². The Labute approximate surface area is 135 Å². The number of hydrogen-bond acceptors (Lipinski definition) is 1. The molecule has 0 radical (unpaired) electrons. The fraction of sp³-hybridized carbons (Fsp3) is 0.368. The lowest BCUT2D eigenvalue weighted by atomic mass is 10.0. The predicted molar refractivity (Wildman–Crippen MR) is 92.6 cm³/mol. The zero-order chi connectivity index (χ0) is 14.8. The Hall–Kier alpha value is -1.12. The molecule has 0 heterocycles. The maximum absolute atomic E-state index is 3.71. The third-order valence-corrected chi connectivity index (χ3v) is 4.96. The van der Waals surface area contributed by atoms with Gasteiger partial charge < -0.3 is 5.32 Å². The number of nitrogens with one attached hydrogen (secondary N) is 1. The number of fused-ring (bicyclic) bond motifs is 1. The zero-order valence-electron chi connectivity index (χ0n) is 12.7. The minimum Gasteiger partial charge on any atom is -0.304 e. The van der Waals surface area contributed by atoms with E-state index in [1.807, 2.05) is 0 Å². The van der Waals surface area contributed by atoms with Crippen molar-refractivity contribution >= 4 is 15.9 Å². The van der Waals surface area contributed by atoms with E-state index >= 15 is 0 Å². The summed E-state index contributed by atoms with van der Waals surface area (Å²) >= 11 is 3.55. The molecule has 1 N–H and O–H groups in total. The van der Waals surface area contributed by atoms with Gasteiger partial charge in [0.15, 0.2) is 0 Å². The van der Waals surface area contributed by atoms with Crippen LogP contribution in [0.4, 0.5) is 0 Å². The zero-order valence-corrected chi connectivity index (χ0v) is 14.3. The van der Waals surface area contributed by atoms with E-state index in [9.17, 15) is 0 Å². The molecule has 2 aromatic rings. The monoisotopic (exact) mass is 343 g/mol. The van der Waals surface area contributed by atoms with Crippen LogP contribution in [0.5, 0.6) is 0 Å². The highest BCUT2D eigenvalue weighted by Gasteiger charge is 2.15. The average molecular weight is 344 g/mol. The summed E-state index contributed by atoms with van der Waals surface area (Å²) in [6, 6.07) is 16.2. The fourth-order valence-corrected chi connectivity index (χ4v) is 3.62.